The zero-order valence-electron chi connectivity index (χ0n) is 9.16. The first-order valence-electron chi connectivity index (χ1n) is 5.54. The van der Waals surface area contributed by atoms with E-state index < -0.39 is 0 Å². The van der Waals surface area contributed by atoms with E-state index in [1.54, 1.807) is 0 Å². The Hall–Kier alpha value is -0.0800. The van der Waals surface area contributed by atoms with Gasteiger partial charge >= 0.3 is 0 Å². The molecule has 2 heteroatoms. The summed E-state index contributed by atoms with van der Waals surface area (Å²) in [6, 6.07) is 0.822. The quantitative estimate of drug-likeness (QED) is 0.635. The van der Waals surface area contributed by atoms with Crippen LogP contribution in [0.2, 0.25) is 0 Å². The summed E-state index contributed by atoms with van der Waals surface area (Å²) >= 11 is 0. The monoisotopic (exact) mass is 182 g/mol. The Morgan fingerprint density at radius 3 is 2.23 bits per heavy atom. The SMILES string of the molecule is CC1CC(CC2CN(C)C2)CN1C. The molecule has 2 aliphatic heterocycles. The van der Waals surface area contributed by atoms with E-state index in [2.05, 4.69) is 30.8 Å². The van der Waals surface area contributed by atoms with Crippen LogP contribution < -0.4 is 0 Å². The van der Waals surface area contributed by atoms with Crippen molar-refractivity contribution in [2.24, 2.45) is 11.8 Å². The average Bonchev–Trinajstić information content (AvgIpc) is 2.28. The summed E-state index contributed by atoms with van der Waals surface area (Å²) in [6.45, 7) is 6.37. The van der Waals surface area contributed by atoms with Gasteiger partial charge in [0.1, 0.15) is 0 Å². The molecule has 0 spiro atoms. The molecule has 2 heterocycles. The van der Waals surface area contributed by atoms with E-state index in [0.29, 0.717) is 0 Å². The number of hydrogen-bond donors (Lipinski definition) is 0. The van der Waals surface area contributed by atoms with Gasteiger partial charge in [-0.05, 0) is 45.7 Å². The molecule has 76 valence electrons. The van der Waals surface area contributed by atoms with Crippen molar-refractivity contribution in [3.05, 3.63) is 0 Å². The third-order valence-corrected chi connectivity index (χ3v) is 3.78. The van der Waals surface area contributed by atoms with E-state index in [1.807, 2.05) is 0 Å². The molecule has 2 aliphatic rings. The summed E-state index contributed by atoms with van der Waals surface area (Å²) in [7, 11) is 4.48. The van der Waals surface area contributed by atoms with Gasteiger partial charge in [0.15, 0.2) is 0 Å². The summed E-state index contributed by atoms with van der Waals surface area (Å²) in [5.74, 6) is 1.99. The normalized spacial score (nSPS) is 38.1. The minimum atomic E-state index is 0.822. The third kappa shape index (κ3) is 2.05. The fourth-order valence-corrected chi connectivity index (χ4v) is 2.94. The van der Waals surface area contributed by atoms with E-state index in [4.69, 9.17) is 0 Å². The molecule has 0 aromatic carbocycles. The van der Waals surface area contributed by atoms with Gasteiger partial charge in [-0.3, -0.25) is 0 Å². The van der Waals surface area contributed by atoms with Crippen LogP contribution >= 0.6 is 0 Å². The van der Waals surface area contributed by atoms with Crippen LogP contribution in [0, 0.1) is 11.8 Å². The second-order valence-corrected chi connectivity index (χ2v) is 5.21. The van der Waals surface area contributed by atoms with Crippen molar-refractivity contribution in [1.82, 2.24) is 9.80 Å². The first kappa shape index (κ1) is 9.47. The number of hydrogen-bond acceptors (Lipinski definition) is 2. The predicted octanol–water partition coefficient (Wildman–Crippen LogP) is 1.28. The topological polar surface area (TPSA) is 6.48 Å². The molecule has 0 N–H and O–H groups in total. The van der Waals surface area contributed by atoms with Crippen LogP contribution in [0.5, 0.6) is 0 Å². The molecule has 0 saturated carbocycles. The second-order valence-electron chi connectivity index (χ2n) is 5.21. The van der Waals surface area contributed by atoms with Crippen LogP contribution in [-0.4, -0.2) is 49.6 Å². The Morgan fingerprint density at radius 1 is 1.08 bits per heavy atom. The number of likely N-dealkylation sites (tertiary alicyclic amines) is 2. The van der Waals surface area contributed by atoms with E-state index in [-0.39, 0.29) is 0 Å². The maximum atomic E-state index is 2.51. The average molecular weight is 182 g/mol. The smallest absolute Gasteiger partial charge is 0.00671 e. The van der Waals surface area contributed by atoms with Crippen LogP contribution in [0.25, 0.3) is 0 Å². The standard InChI is InChI=1S/C11H22N2/c1-9-4-10(8-13(9)3)5-11-6-12(2)7-11/h9-11H,4-8H2,1-3H3. The van der Waals surface area contributed by atoms with Gasteiger partial charge in [0, 0.05) is 25.7 Å². The summed E-state index contributed by atoms with van der Waals surface area (Å²) in [5, 5.41) is 0. The first-order chi connectivity index (χ1) is 6.15. The molecule has 0 aromatic heterocycles. The minimum Gasteiger partial charge on any atom is -0.306 e. The molecule has 2 saturated heterocycles. The van der Waals surface area contributed by atoms with Gasteiger partial charge in [-0.25, -0.2) is 0 Å². The second kappa shape index (κ2) is 3.58. The lowest BCUT2D eigenvalue weighted by molar-refractivity contribution is 0.112. The molecule has 2 rings (SSSR count). The number of rotatable bonds is 2. The first-order valence-corrected chi connectivity index (χ1v) is 5.54. The summed E-state index contributed by atoms with van der Waals surface area (Å²) < 4.78 is 0. The van der Waals surface area contributed by atoms with Crippen molar-refractivity contribution in [2.45, 2.75) is 25.8 Å². The summed E-state index contributed by atoms with van der Waals surface area (Å²) in [6.07, 6.45) is 2.90. The molecule has 0 aliphatic carbocycles. The Labute approximate surface area is 81.9 Å². The van der Waals surface area contributed by atoms with Crippen LogP contribution in [0.15, 0.2) is 0 Å². The van der Waals surface area contributed by atoms with Crippen LogP contribution in [-0.2, 0) is 0 Å². The van der Waals surface area contributed by atoms with Gasteiger partial charge in [-0.1, -0.05) is 0 Å². The van der Waals surface area contributed by atoms with Gasteiger partial charge in [0.2, 0.25) is 0 Å². The van der Waals surface area contributed by atoms with Crippen LogP contribution in [0.1, 0.15) is 19.8 Å². The highest BCUT2D eigenvalue weighted by atomic mass is 15.2. The largest absolute Gasteiger partial charge is 0.306 e. The van der Waals surface area contributed by atoms with Gasteiger partial charge in [0.25, 0.3) is 0 Å². The van der Waals surface area contributed by atoms with Crippen molar-refractivity contribution in [3.63, 3.8) is 0 Å². The zero-order chi connectivity index (χ0) is 9.42. The summed E-state index contributed by atoms with van der Waals surface area (Å²) in [4.78, 5) is 4.93. The van der Waals surface area contributed by atoms with Crippen molar-refractivity contribution in [3.8, 4) is 0 Å². The fraction of sp³-hybridized carbons (Fsp3) is 1.00. The lowest BCUT2D eigenvalue weighted by atomic mass is 9.88. The molecule has 2 fully saturated rings. The predicted molar refractivity (Wildman–Crippen MR) is 55.8 cm³/mol. The van der Waals surface area contributed by atoms with Crippen molar-refractivity contribution in [2.75, 3.05) is 33.7 Å². The highest BCUT2D eigenvalue weighted by molar-refractivity contribution is 4.85. The Balaban J connectivity index is 1.72. The number of nitrogens with zero attached hydrogens (tertiary/aromatic N) is 2. The zero-order valence-corrected chi connectivity index (χ0v) is 9.16. The van der Waals surface area contributed by atoms with E-state index in [9.17, 15) is 0 Å². The molecule has 0 bridgehead atoms. The lowest BCUT2D eigenvalue weighted by Crippen LogP contribution is -2.44. The van der Waals surface area contributed by atoms with E-state index in [1.165, 1.54) is 32.5 Å². The highest BCUT2D eigenvalue weighted by Crippen LogP contribution is 2.30. The molecule has 13 heavy (non-hydrogen) atoms. The van der Waals surface area contributed by atoms with Gasteiger partial charge in [-0.15, -0.1) is 0 Å². The molecule has 0 radical (unpaired) electrons. The van der Waals surface area contributed by atoms with Crippen molar-refractivity contribution in [1.29, 1.82) is 0 Å². The Morgan fingerprint density at radius 2 is 1.77 bits per heavy atom. The van der Waals surface area contributed by atoms with Gasteiger partial charge < -0.3 is 9.80 Å². The molecule has 2 unspecified atom stereocenters. The van der Waals surface area contributed by atoms with Crippen LogP contribution in [0.4, 0.5) is 0 Å². The lowest BCUT2D eigenvalue weighted by Gasteiger charge is -2.37. The maximum Gasteiger partial charge on any atom is 0.00671 e. The molecule has 2 nitrogen and oxygen atoms in total. The van der Waals surface area contributed by atoms with Crippen molar-refractivity contribution < 1.29 is 0 Å². The Bertz CT molecular complexity index is 165. The third-order valence-electron chi connectivity index (χ3n) is 3.78. The summed E-state index contributed by atoms with van der Waals surface area (Å²) in [5.41, 5.74) is 0. The van der Waals surface area contributed by atoms with Gasteiger partial charge in [0.05, 0.1) is 0 Å². The highest BCUT2D eigenvalue weighted by Gasteiger charge is 2.31. The molecular formula is C11H22N2. The van der Waals surface area contributed by atoms with E-state index in [0.717, 1.165) is 17.9 Å². The van der Waals surface area contributed by atoms with Crippen LogP contribution in [0.3, 0.4) is 0 Å². The van der Waals surface area contributed by atoms with E-state index >= 15 is 0 Å². The fourth-order valence-electron chi connectivity index (χ4n) is 2.94. The molecule has 0 amide bonds. The molecular weight excluding hydrogens is 160 g/mol. The minimum absolute atomic E-state index is 0.822. The maximum absolute atomic E-state index is 2.51. The van der Waals surface area contributed by atoms with Gasteiger partial charge in [-0.2, -0.15) is 0 Å². The molecule has 0 aromatic rings. The van der Waals surface area contributed by atoms with Crippen molar-refractivity contribution >= 4 is 0 Å². The molecule has 2 atom stereocenters. The Kier molecular flexibility index (Phi) is 2.61.